The highest BCUT2D eigenvalue weighted by molar-refractivity contribution is 7.80. The molecule has 0 unspecified atom stereocenters. The predicted molar refractivity (Wildman–Crippen MR) is 91.0 cm³/mol. The van der Waals surface area contributed by atoms with Gasteiger partial charge in [0.25, 0.3) is 0 Å². The van der Waals surface area contributed by atoms with E-state index in [1.54, 1.807) is 7.11 Å². The predicted octanol–water partition coefficient (Wildman–Crippen LogP) is 3.41. The molecule has 4 nitrogen and oxygen atoms in total. The number of ether oxygens (including phenoxy) is 1. The fraction of sp³-hybridized carbons (Fsp3) is 0.125. The lowest BCUT2D eigenvalue weighted by Crippen LogP contribution is -2.24. The highest BCUT2D eigenvalue weighted by atomic mass is 32.1. The van der Waals surface area contributed by atoms with Crippen molar-refractivity contribution in [3.8, 4) is 5.75 Å². The molecule has 0 radical (unpaired) electrons. The molecule has 0 amide bonds. The number of hydrogen-bond acceptors (Lipinski definition) is 3. The van der Waals surface area contributed by atoms with Gasteiger partial charge in [-0.3, -0.25) is 5.43 Å². The molecule has 0 saturated carbocycles. The summed E-state index contributed by atoms with van der Waals surface area (Å²) in [5.41, 5.74) is 5.61. The van der Waals surface area contributed by atoms with Crippen molar-refractivity contribution in [1.82, 2.24) is 5.43 Å². The Balaban J connectivity index is 1.94. The van der Waals surface area contributed by atoms with Crippen LogP contribution in [0.15, 0.2) is 59.7 Å². The minimum Gasteiger partial charge on any atom is -0.497 e. The first-order valence-electron chi connectivity index (χ1n) is 6.50. The van der Waals surface area contributed by atoms with Crippen LogP contribution in [0.25, 0.3) is 0 Å². The third-order valence-corrected chi connectivity index (χ3v) is 3.06. The van der Waals surface area contributed by atoms with Gasteiger partial charge in [-0.25, -0.2) is 0 Å². The summed E-state index contributed by atoms with van der Waals surface area (Å²) in [5.74, 6) is 0.820. The van der Waals surface area contributed by atoms with Crippen LogP contribution in [0, 0.1) is 0 Å². The average Bonchev–Trinajstić information content (AvgIpc) is 2.53. The van der Waals surface area contributed by atoms with Gasteiger partial charge in [-0.1, -0.05) is 18.2 Å². The molecule has 0 spiro atoms. The summed E-state index contributed by atoms with van der Waals surface area (Å²) < 4.78 is 5.13. The first kappa shape index (κ1) is 15.0. The Morgan fingerprint density at radius 1 is 1.05 bits per heavy atom. The van der Waals surface area contributed by atoms with Crippen LogP contribution in [0.5, 0.6) is 5.75 Å². The zero-order chi connectivity index (χ0) is 15.1. The van der Waals surface area contributed by atoms with Gasteiger partial charge in [0.05, 0.1) is 12.8 Å². The van der Waals surface area contributed by atoms with Crippen LogP contribution in [0.4, 0.5) is 5.69 Å². The standard InChI is InChI=1S/C16H17N3OS/c1-12(13-8-10-15(20-2)11-9-13)18-19-16(21)17-14-6-4-3-5-7-14/h3-11H,1-2H3,(H2,17,19,21). The Bertz CT molecular complexity index is 624. The van der Waals surface area contributed by atoms with Crippen LogP contribution >= 0.6 is 12.2 Å². The maximum absolute atomic E-state index is 5.19. The van der Waals surface area contributed by atoms with Crippen LogP contribution < -0.4 is 15.5 Å². The average molecular weight is 299 g/mol. The van der Waals surface area contributed by atoms with E-state index in [0.29, 0.717) is 5.11 Å². The number of thiocarbonyl (C=S) groups is 1. The number of methoxy groups -OCH3 is 1. The number of para-hydroxylation sites is 1. The number of benzene rings is 2. The molecule has 0 fully saturated rings. The number of anilines is 1. The molecule has 5 heteroatoms. The molecular formula is C16H17N3OS. The lowest BCUT2D eigenvalue weighted by atomic mass is 10.1. The largest absolute Gasteiger partial charge is 0.497 e. The molecule has 0 saturated heterocycles. The van der Waals surface area contributed by atoms with Gasteiger partial charge in [-0.15, -0.1) is 0 Å². The summed E-state index contributed by atoms with van der Waals surface area (Å²) in [6.45, 7) is 1.92. The van der Waals surface area contributed by atoms with Gasteiger partial charge < -0.3 is 10.1 Å². The molecule has 0 atom stereocenters. The molecule has 0 aliphatic heterocycles. The topological polar surface area (TPSA) is 45.6 Å². The Morgan fingerprint density at radius 2 is 1.71 bits per heavy atom. The first-order chi connectivity index (χ1) is 10.2. The van der Waals surface area contributed by atoms with Gasteiger partial charge in [0.2, 0.25) is 0 Å². The number of nitrogens with zero attached hydrogens (tertiary/aromatic N) is 1. The lowest BCUT2D eigenvalue weighted by Gasteiger charge is -2.08. The van der Waals surface area contributed by atoms with E-state index in [-0.39, 0.29) is 0 Å². The molecule has 2 N–H and O–H groups in total. The quantitative estimate of drug-likeness (QED) is 0.516. The summed E-state index contributed by atoms with van der Waals surface area (Å²) in [4.78, 5) is 0. The highest BCUT2D eigenvalue weighted by Crippen LogP contribution is 2.11. The Hall–Kier alpha value is -2.40. The monoisotopic (exact) mass is 299 g/mol. The molecule has 108 valence electrons. The van der Waals surface area contributed by atoms with Crippen molar-refractivity contribution >= 4 is 28.7 Å². The van der Waals surface area contributed by atoms with Crippen molar-refractivity contribution in [2.75, 3.05) is 12.4 Å². The van der Waals surface area contributed by atoms with Crippen molar-refractivity contribution in [2.45, 2.75) is 6.92 Å². The van der Waals surface area contributed by atoms with Crippen molar-refractivity contribution < 1.29 is 4.74 Å². The van der Waals surface area contributed by atoms with Crippen molar-refractivity contribution in [2.24, 2.45) is 5.10 Å². The maximum Gasteiger partial charge on any atom is 0.191 e. The number of hydrazone groups is 1. The molecule has 0 aromatic heterocycles. The van der Waals surface area contributed by atoms with Crippen LogP contribution in [-0.4, -0.2) is 17.9 Å². The molecule has 0 bridgehead atoms. The van der Waals surface area contributed by atoms with Gasteiger partial charge >= 0.3 is 0 Å². The third kappa shape index (κ3) is 4.57. The van der Waals surface area contributed by atoms with Gasteiger partial charge in [0.15, 0.2) is 5.11 Å². The van der Waals surface area contributed by atoms with Crippen LogP contribution in [0.3, 0.4) is 0 Å². The van der Waals surface area contributed by atoms with Crippen LogP contribution in [0.2, 0.25) is 0 Å². The van der Waals surface area contributed by atoms with Crippen molar-refractivity contribution in [3.63, 3.8) is 0 Å². The molecule has 21 heavy (non-hydrogen) atoms. The van der Waals surface area contributed by atoms with E-state index in [1.807, 2.05) is 61.5 Å². The van der Waals surface area contributed by atoms with Gasteiger partial charge in [-0.05, 0) is 61.1 Å². The first-order valence-corrected chi connectivity index (χ1v) is 6.90. The summed E-state index contributed by atoms with van der Waals surface area (Å²) >= 11 is 5.19. The molecule has 0 aliphatic rings. The highest BCUT2D eigenvalue weighted by Gasteiger charge is 1.99. The van der Waals surface area contributed by atoms with E-state index in [1.165, 1.54) is 0 Å². The fourth-order valence-electron chi connectivity index (χ4n) is 1.71. The smallest absolute Gasteiger partial charge is 0.191 e. The molecule has 2 rings (SSSR count). The van der Waals surface area contributed by atoms with E-state index in [9.17, 15) is 0 Å². The molecular weight excluding hydrogens is 282 g/mol. The lowest BCUT2D eigenvalue weighted by molar-refractivity contribution is 0.415. The second-order valence-electron chi connectivity index (χ2n) is 4.36. The van der Waals surface area contributed by atoms with E-state index >= 15 is 0 Å². The number of rotatable bonds is 4. The molecule has 2 aromatic rings. The Kier molecular flexibility index (Phi) is 5.29. The summed E-state index contributed by atoms with van der Waals surface area (Å²) in [6, 6.07) is 17.4. The Morgan fingerprint density at radius 3 is 2.33 bits per heavy atom. The molecule has 0 aliphatic carbocycles. The molecule has 2 aromatic carbocycles. The van der Waals surface area contributed by atoms with Gasteiger partial charge in [0.1, 0.15) is 5.75 Å². The second kappa shape index (κ2) is 7.40. The SMILES string of the molecule is COc1ccc(C(C)=NNC(=S)Nc2ccccc2)cc1. The zero-order valence-corrected chi connectivity index (χ0v) is 12.8. The minimum atomic E-state index is 0.453. The zero-order valence-electron chi connectivity index (χ0n) is 12.0. The van der Waals surface area contributed by atoms with E-state index < -0.39 is 0 Å². The van der Waals surface area contributed by atoms with E-state index in [4.69, 9.17) is 17.0 Å². The fourth-order valence-corrected chi connectivity index (χ4v) is 1.88. The van der Waals surface area contributed by atoms with Gasteiger partial charge in [-0.2, -0.15) is 5.10 Å². The summed E-state index contributed by atoms with van der Waals surface area (Å²) in [5, 5.41) is 7.78. The Labute approximate surface area is 129 Å². The molecule has 0 heterocycles. The van der Waals surface area contributed by atoms with Crippen molar-refractivity contribution in [3.05, 3.63) is 60.2 Å². The maximum atomic E-state index is 5.19. The van der Waals surface area contributed by atoms with Crippen LogP contribution in [-0.2, 0) is 0 Å². The number of hydrogen-bond donors (Lipinski definition) is 2. The van der Waals surface area contributed by atoms with E-state index in [0.717, 1.165) is 22.7 Å². The normalized spacial score (nSPS) is 10.9. The second-order valence-corrected chi connectivity index (χ2v) is 4.77. The third-order valence-electron chi connectivity index (χ3n) is 2.86. The van der Waals surface area contributed by atoms with Crippen LogP contribution in [0.1, 0.15) is 12.5 Å². The number of nitrogens with one attached hydrogen (secondary N) is 2. The van der Waals surface area contributed by atoms with Gasteiger partial charge in [0, 0.05) is 5.69 Å². The van der Waals surface area contributed by atoms with E-state index in [2.05, 4.69) is 15.8 Å². The summed E-state index contributed by atoms with van der Waals surface area (Å²) in [6.07, 6.45) is 0. The van der Waals surface area contributed by atoms with Crippen molar-refractivity contribution in [1.29, 1.82) is 0 Å². The summed E-state index contributed by atoms with van der Waals surface area (Å²) in [7, 11) is 1.64. The minimum absolute atomic E-state index is 0.453.